The van der Waals surface area contributed by atoms with E-state index in [0.717, 1.165) is 37.9 Å². The van der Waals surface area contributed by atoms with Gasteiger partial charge in [0.25, 0.3) is 0 Å². The second kappa shape index (κ2) is 11.4. The van der Waals surface area contributed by atoms with Crippen LogP contribution in [-0.2, 0) is 16.3 Å². The highest BCUT2D eigenvalue weighted by Gasteiger charge is 2.30. The number of thiophene rings is 1. The standard InChI is InChI=1S/C26H29F3N4O3S2/c1-33-11-8-18(9-12-33)31-22-13-19(32-24-17(15-26(27,28)29)16-37-25(22)24)5-4-10-30-21-7-6-20(38(3,34)35)14-23(21)36-2/h6-7,13-14,16,18,30H,8-12,15H2,1-3H3,(H,31,32). The first-order chi connectivity index (χ1) is 17.9. The number of hydrogen-bond donors (Lipinski definition) is 2. The maximum Gasteiger partial charge on any atom is 0.393 e. The Morgan fingerprint density at radius 1 is 1.21 bits per heavy atom. The van der Waals surface area contributed by atoms with Gasteiger partial charge in [-0.25, -0.2) is 13.4 Å². The van der Waals surface area contributed by atoms with Crippen LogP contribution in [0.4, 0.5) is 24.5 Å². The minimum atomic E-state index is -4.34. The predicted molar refractivity (Wildman–Crippen MR) is 145 cm³/mol. The van der Waals surface area contributed by atoms with Crippen molar-refractivity contribution in [1.29, 1.82) is 0 Å². The van der Waals surface area contributed by atoms with E-state index in [4.69, 9.17) is 4.74 Å². The molecule has 0 amide bonds. The molecule has 3 aromatic rings. The first-order valence-electron chi connectivity index (χ1n) is 12.0. The van der Waals surface area contributed by atoms with Gasteiger partial charge in [0.15, 0.2) is 9.84 Å². The van der Waals surface area contributed by atoms with Crippen molar-refractivity contribution in [1.82, 2.24) is 9.88 Å². The molecule has 0 aliphatic carbocycles. The summed E-state index contributed by atoms with van der Waals surface area (Å²) >= 11 is 1.26. The number of alkyl halides is 3. The van der Waals surface area contributed by atoms with Crippen LogP contribution in [0.2, 0.25) is 0 Å². The van der Waals surface area contributed by atoms with Gasteiger partial charge in [0.2, 0.25) is 0 Å². The Labute approximate surface area is 224 Å². The topological polar surface area (TPSA) is 83.6 Å². The Kier molecular flexibility index (Phi) is 8.40. The molecule has 3 heterocycles. The zero-order valence-corrected chi connectivity index (χ0v) is 22.9. The maximum atomic E-state index is 13.2. The minimum Gasteiger partial charge on any atom is -0.495 e. The summed E-state index contributed by atoms with van der Waals surface area (Å²) in [4.78, 5) is 6.86. The van der Waals surface area contributed by atoms with Crippen LogP contribution in [0.25, 0.3) is 10.2 Å². The first-order valence-corrected chi connectivity index (χ1v) is 14.7. The predicted octanol–water partition coefficient (Wildman–Crippen LogP) is 4.78. The molecule has 0 saturated carbocycles. The molecule has 0 atom stereocenters. The Morgan fingerprint density at radius 2 is 1.95 bits per heavy atom. The normalized spacial score (nSPS) is 15.2. The Balaban J connectivity index is 1.58. The number of pyridine rings is 1. The number of benzene rings is 1. The van der Waals surface area contributed by atoms with E-state index in [1.54, 1.807) is 12.1 Å². The van der Waals surface area contributed by atoms with Crippen molar-refractivity contribution in [3.8, 4) is 17.6 Å². The summed E-state index contributed by atoms with van der Waals surface area (Å²) in [7, 11) is 0.129. The molecular formula is C26H29F3N4O3S2. The molecule has 12 heteroatoms. The highest BCUT2D eigenvalue weighted by molar-refractivity contribution is 7.90. The van der Waals surface area contributed by atoms with E-state index >= 15 is 0 Å². The number of hydrogen-bond acceptors (Lipinski definition) is 8. The van der Waals surface area contributed by atoms with E-state index in [2.05, 4.69) is 39.4 Å². The second-order valence-corrected chi connectivity index (χ2v) is 12.2. The average molecular weight is 567 g/mol. The molecule has 0 radical (unpaired) electrons. The van der Waals surface area contributed by atoms with Gasteiger partial charge in [-0.2, -0.15) is 13.2 Å². The third kappa shape index (κ3) is 7.09. The van der Waals surface area contributed by atoms with E-state index in [-0.39, 0.29) is 23.0 Å². The summed E-state index contributed by atoms with van der Waals surface area (Å²) in [5.74, 6) is 6.27. The maximum absolute atomic E-state index is 13.2. The van der Waals surface area contributed by atoms with Crippen molar-refractivity contribution in [3.05, 3.63) is 40.9 Å². The minimum absolute atomic E-state index is 0.138. The summed E-state index contributed by atoms with van der Waals surface area (Å²) < 4.78 is 69.2. The van der Waals surface area contributed by atoms with E-state index in [9.17, 15) is 21.6 Å². The van der Waals surface area contributed by atoms with Crippen molar-refractivity contribution in [2.75, 3.05) is 50.7 Å². The number of likely N-dealkylation sites (tertiary alicyclic amines) is 1. The molecule has 0 spiro atoms. The third-order valence-electron chi connectivity index (χ3n) is 6.25. The van der Waals surface area contributed by atoms with E-state index in [1.807, 2.05) is 0 Å². The molecule has 4 rings (SSSR count). The lowest BCUT2D eigenvalue weighted by molar-refractivity contribution is -0.126. The zero-order chi connectivity index (χ0) is 27.5. The van der Waals surface area contributed by atoms with Gasteiger partial charge in [0.05, 0.1) is 46.6 Å². The number of rotatable bonds is 7. The second-order valence-electron chi connectivity index (χ2n) is 9.30. The average Bonchev–Trinajstić information content (AvgIpc) is 3.24. The quantitative estimate of drug-likeness (QED) is 0.398. The summed E-state index contributed by atoms with van der Waals surface area (Å²) in [5.41, 5.74) is 2.14. The molecule has 1 fully saturated rings. The summed E-state index contributed by atoms with van der Waals surface area (Å²) in [5, 5.41) is 8.13. The summed E-state index contributed by atoms with van der Waals surface area (Å²) in [6, 6.07) is 6.51. The van der Waals surface area contributed by atoms with Crippen molar-refractivity contribution in [2.24, 2.45) is 0 Å². The molecule has 38 heavy (non-hydrogen) atoms. The number of anilines is 2. The van der Waals surface area contributed by atoms with E-state index < -0.39 is 22.4 Å². The molecule has 0 bridgehead atoms. The fraction of sp³-hybridized carbons (Fsp3) is 0.423. The van der Waals surface area contributed by atoms with Crippen molar-refractivity contribution >= 4 is 42.8 Å². The lowest BCUT2D eigenvalue weighted by atomic mass is 10.0. The summed E-state index contributed by atoms with van der Waals surface area (Å²) in [6.45, 7) is 2.08. The van der Waals surface area contributed by atoms with Gasteiger partial charge in [0.1, 0.15) is 11.4 Å². The van der Waals surface area contributed by atoms with Crippen LogP contribution in [0.3, 0.4) is 0 Å². The monoisotopic (exact) mass is 566 g/mol. The molecule has 7 nitrogen and oxygen atoms in total. The highest BCUT2D eigenvalue weighted by Crippen LogP contribution is 2.36. The molecule has 2 aromatic heterocycles. The number of nitrogens with zero attached hydrogens (tertiary/aromatic N) is 2. The number of aromatic nitrogens is 1. The fourth-order valence-electron chi connectivity index (χ4n) is 4.26. The number of nitrogens with one attached hydrogen (secondary N) is 2. The molecular weight excluding hydrogens is 537 g/mol. The Hall–Kier alpha value is -3.01. The molecule has 1 aliphatic heterocycles. The highest BCUT2D eigenvalue weighted by atomic mass is 32.2. The van der Waals surface area contributed by atoms with Crippen LogP contribution in [0, 0.1) is 11.8 Å². The lowest BCUT2D eigenvalue weighted by Crippen LogP contribution is -2.36. The molecule has 1 saturated heterocycles. The SMILES string of the molecule is COc1cc(S(C)(=O)=O)ccc1NCC#Cc1cc(NC2CCN(C)CC2)c2scc(CC(F)(F)F)c2n1. The van der Waals surface area contributed by atoms with Gasteiger partial charge >= 0.3 is 6.18 Å². The number of piperidine rings is 1. The van der Waals surface area contributed by atoms with Gasteiger partial charge in [-0.3, -0.25) is 0 Å². The van der Waals surface area contributed by atoms with Crippen molar-refractivity contribution in [3.63, 3.8) is 0 Å². The van der Waals surface area contributed by atoms with Crippen LogP contribution in [0.5, 0.6) is 5.75 Å². The van der Waals surface area contributed by atoms with Gasteiger partial charge in [0, 0.05) is 18.4 Å². The molecule has 1 aromatic carbocycles. The summed E-state index contributed by atoms with van der Waals surface area (Å²) in [6.07, 6.45) is -2.39. The van der Waals surface area contributed by atoms with Gasteiger partial charge in [-0.1, -0.05) is 5.92 Å². The lowest BCUT2D eigenvalue weighted by Gasteiger charge is -2.30. The van der Waals surface area contributed by atoms with Crippen LogP contribution >= 0.6 is 11.3 Å². The van der Waals surface area contributed by atoms with Gasteiger partial charge in [-0.15, -0.1) is 11.3 Å². The Bertz CT molecular complexity index is 1470. The Morgan fingerprint density at radius 3 is 2.61 bits per heavy atom. The smallest absolute Gasteiger partial charge is 0.393 e. The van der Waals surface area contributed by atoms with Crippen LogP contribution < -0.4 is 15.4 Å². The number of fused-ring (bicyclic) bond motifs is 1. The van der Waals surface area contributed by atoms with E-state index in [1.165, 1.54) is 36.0 Å². The van der Waals surface area contributed by atoms with Gasteiger partial charge < -0.3 is 20.3 Å². The van der Waals surface area contributed by atoms with Crippen LogP contribution in [0.15, 0.2) is 34.5 Å². The zero-order valence-electron chi connectivity index (χ0n) is 21.3. The number of sulfone groups is 1. The number of halogens is 3. The molecule has 0 unspecified atom stereocenters. The van der Waals surface area contributed by atoms with Crippen LogP contribution in [-0.4, -0.2) is 70.6 Å². The molecule has 1 aliphatic rings. The molecule has 204 valence electrons. The fourth-order valence-corrected chi connectivity index (χ4v) is 5.89. The first kappa shape index (κ1) is 28.0. The van der Waals surface area contributed by atoms with Crippen LogP contribution in [0.1, 0.15) is 24.1 Å². The number of methoxy groups -OCH3 is 1. The van der Waals surface area contributed by atoms with Crippen molar-refractivity contribution < 1.29 is 26.3 Å². The number of ether oxygens (including phenoxy) is 1. The molecule has 2 N–H and O–H groups in total. The van der Waals surface area contributed by atoms with E-state index in [0.29, 0.717) is 27.3 Å². The van der Waals surface area contributed by atoms with Crippen molar-refractivity contribution in [2.45, 2.75) is 36.4 Å². The third-order valence-corrected chi connectivity index (χ3v) is 8.41. The van der Waals surface area contributed by atoms with Gasteiger partial charge in [-0.05, 0) is 68.0 Å². The largest absolute Gasteiger partial charge is 0.495 e.